The second-order valence-corrected chi connectivity index (χ2v) is 4.06. The van der Waals surface area contributed by atoms with Gasteiger partial charge in [0.25, 0.3) is 0 Å². The summed E-state index contributed by atoms with van der Waals surface area (Å²) in [7, 11) is 0. The Labute approximate surface area is 93.8 Å². The van der Waals surface area contributed by atoms with Gasteiger partial charge in [-0.3, -0.25) is 9.55 Å². The van der Waals surface area contributed by atoms with E-state index >= 15 is 0 Å². The molecule has 0 aromatic carbocycles. The van der Waals surface area contributed by atoms with Crippen LogP contribution in [0.15, 0.2) is 18.3 Å². The summed E-state index contributed by atoms with van der Waals surface area (Å²) in [5.41, 5.74) is 4.11. The lowest BCUT2D eigenvalue weighted by atomic mass is 10.3. The van der Waals surface area contributed by atoms with Crippen molar-refractivity contribution in [2.45, 2.75) is 20.8 Å². The molecule has 4 heteroatoms. The van der Waals surface area contributed by atoms with Crippen LogP contribution in [0, 0.1) is 25.5 Å². The number of aromatic nitrogens is 3. The van der Waals surface area contributed by atoms with Crippen molar-refractivity contribution in [3.05, 3.63) is 40.2 Å². The monoisotopic (exact) mass is 219 g/mol. The lowest BCUT2D eigenvalue weighted by Crippen LogP contribution is -1.98. The number of nitrogens with one attached hydrogen (secondary N) is 1. The zero-order valence-electron chi connectivity index (χ0n) is 9.03. The normalized spacial score (nSPS) is 10.6. The van der Waals surface area contributed by atoms with Crippen molar-refractivity contribution in [1.29, 1.82) is 0 Å². The highest BCUT2D eigenvalue weighted by Crippen LogP contribution is 2.13. The van der Waals surface area contributed by atoms with Crippen molar-refractivity contribution >= 4 is 12.2 Å². The molecule has 0 bridgehead atoms. The Kier molecular flexibility index (Phi) is 2.44. The van der Waals surface area contributed by atoms with Crippen LogP contribution >= 0.6 is 12.2 Å². The van der Waals surface area contributed by atoms with Gasteiger partial charge in [0.1, 0.15) is 0 Å². The van der Waals surface area contributed by atoms with Gasteiger partial charge in [-0.05, 0) is 45.1 Å². The largest absolute Gasteiger partial charge is 0.335 e. The number of imidazole rings is 1. The summed E-state index contributed by atoms with van der Waals surface area (Å²) < 4.78 is 2.66. The Balaban J connectivity index is 2.64. The second-order valence-electron chi connectivity index (χ2n) is 3.67. The SMILES string of the molecule is Cc1ccc(-n2cc(C)[nH]c2=S)c(C)n1. The molecule has 0 radical (unpaired) electrons. The van der Waals surface area contributed by atoms with E-state index in [4.69, 9.17) is 12.2 Å². The first kappa shape index (κ1) is 10.1. The van der Waals surface area contributed by atoms with Gasteiger partial charge in [0.05, 0.1) is 11.4 Å². The van der Waals surface area contributed by atoms with E-state index in [9.17, 15) is 0 Å². The third-order valence-corrected chi connectivity index (χ3v) is 2.60. The lowest BCUT2D eigenvalue weighted by Gasteiger charge is -2.06. The van der Waals surface area contributed by atoms with Crippen molar-refractivity contribution in [1.82, 2.24) is 14.5 Å². The number of nitrogens with zero attached hydrogens (tertiary/aromatic N) is 2. The lowest BCUT2D eigenvalue weighted by molar-refractivity contribution is 0.977. The van der Waals surface area contributed by atoms with Crippen LogP contribution in [0.5, 0.6) is 0 Å². The molecule has 0 unspecified atom stereocenters. The van der Waals surface area contributed by atoms with Crippen LogP contribution in [0.2, 0.25) is 0 Å². The van der Waals surface area contributed by atoms with E-state index in [-0.39, 0.29) is 0 Å². The average molecular weight is 219 g/mol. The molecule has 0 saturated carbocycles. The van der Waals surface area contributed by atoms with Gasteiger partial charge in [0.15, 0.2) is 4.77 Å². The van der Waals surface area contributed by atoms with Crippen LogP contribution in [0.4, 0.5) is 0 Å². The molecular weight excluding hydrogens is 206 g/mol. The number of pyridine rings is 1. The van der Waals surface area contributed by atoms with Crippen LogP contribution in [0.1, 0.15) is 17.1 Å². The minimum atomic E-state index is 0.709. The Bertz CT molecular complexity index is 551. The minimum absolute atomic E-state index is 0.709. The summed E-state index contributed by atoms with van der Waals surface area (Å²) >= 11 is 5.23. The van der Waals surface area contributed by atoms with Crippen LogP contribution in [-0.4, -0.2) is 14.5 Å². The van der Waals surface area contributed by atoms with Gasteiger partial charge in [-0.1, -0.05) is 0 Å². The summed E-state index contributed by atoms with van der Waals surface area (Å²) in [6.07, 6.45) is 1.99. The number of hydrogen-bond acceptors (Lipinski definition) is 2. The summed E-state index contributed by atoms with van der Waals surface area (Å²) in [6.45, 7) is 5.97. The topological polar surface area (TPSA) is 33.6 Å². The van der Waals surface area contributed by atoms with E-state index in [1.54, 1.807) is 0 Å². The Morgan fingerprint density at radius 2 is 2.00 bits per heavy atom. The predicted molar refractivity (Wildman–Crippen MR) is 63.0 cm³/mol. The van der Waals surface area contributed by atoms with Crippen molar-refractivity contribution in [3.63, 3.8) is 0 Å². The first-order chi connectivity index (χ1) is 7.08. The molecule has 78 valence electrons. The molecule has 0 aliphatic rings. The molecule has 2 rings (SSSR count). The van der Waals surface area contributed by atoms with Gasteiger partial charge >= 0.3 is 0 Å². The molecule has 3 nitrogen and oxygen atoms in total. The minimum Gasteiger partial charge on any atom is -0.335 e. The Morgan fingerprint density at radius 3 is 2.53 bits per heavy atom. The molecule has 1 N–H and O–H groups in total. The maximum absolute atomic E-state index is 5.23. The van der Waals surface area contributed by atoms with Crippen molar-refractivity contribution in [3.8, 4) is 5.69 Å². The van der Waals surface area contributed by atoms with Crippen LogP contribution < -0.4 is 0 Å². The van der Waals surface area contributed by atoms with Crippen LogP contribution in [-0.2, 0) is 0 Å². The Morgan fingerprint density at radius 1 is 1.27 bits per heavy atom. The smallest absolute Gasteiger partial charge is 0.182 e. The molecule has 2 aromatic heterocycles. The summed E-state index contributed by atoms with van der Waals surface area (Å²) in [5, 5.41) is 0. The molecular formula is C11H13N3S. The zero-order chi connectivity index (χ0) is 11.0. The highest BCUT2D eigenvalue weighted by molar-refractivity contribution is 7.71. The highest BCUT2D eigenvalue weighted by atomic mass is 32.1. The van der Waals surface area contributed by atoms with Crippen molar-refractivity contribution < 1.29 is 0 Å². The number of aromatic amines is 1. The standard InChI is InChI=1S/C11H13N3S/c1-7-4-5-10(9(3)12-7)14-6-8(2)13-11(14)15/h4-6H,1-3H3,(H,13,15). The predicted octanol–water partition coefficient (Wildman–Crippen LogP) is 2.86. The van der Waals surface area contributed by atoms with Gasteiger partial charge in [-0.2, -0.15) is 0 Å². The molecule has 2 aromatic rings. The van der Waals surface area contributed by atoms with E-state index in [0.717, 1.165) is 22.8 Å². The van der Waals surface area contributed by atoms with Gasteiger partial charge in [-0.15, -0.1) is 0 Å². The van der Waals surface area contributed by atoms with Crippen molar-refractivity contribution in [2.75, 3.05) is 0 Å². The van der Waals surface area contributed by atoms with E-state index in [1.165, 1.54) is 0 Å². The molecule has 0 aliphatic heterocycles. The van der Waals surface area contributed by atoms with E-state index in [2.05, 4.69) is 9.97 Å². The summed E-state index contributed by atoms with van der Waals surface area (Å²) in [6, 6.07) is 4.03. The molecule has 0 spiro atoms. The van der Waals surface area contributed by atoms with Crippen LogP contribution in [0.3, 0.4) is 0 Å². The molecule has 0 amide bonds. The summed E-state index contributed by atoms with van der Waals surface area (Å²) in [5.74, 6) is 0. The Hall–Kier alpha value is -1.42. The molecule has 0 saturated heterocycles. The van der Waals surface area contributed by atoms with Gasteiger partial charge in [-0.25, -0.2) is 0 Å². The molecule has 15 heavy (non-hydrogen) atoms. The van der Waals surface area contributed by atoms with Crippen molar-refractivity contribution in [2.24, 2.45) is 0 Å². The van der Waals surface area contributed by atoms with Crippen LogP contribution in [0.25, 0.3) is 5.69 Å². The fraction of sp³-hybridized carbons (Fsp3) is 0.273. The fourth-order valence-corrected chi connectivity index (χ4v) is 1.94. The molecule has 0 aliphatic carbocycles. The average Bonchev–Trinajstić information content (AvgIpc) is 2.45. The summed E-state index contributed by atoms with van der Waals surface area (Å²) in [4.78, 5) is 7.52. The van der Waals surface area contributed by atoms with E-state index in [1.807, 2.05) is 43.7 Å². The number of H-pyrrole nitrogens is 1. The van der Waals surface area contributed by atoms with E-state index in [0.29, 0.717) is 4.77 Å². The number of rotatable bonds is 1. The first-order valence-electron chi connectivity index (χ1n) is 4.81. The van der Waals surface area contributed by atoms with E-state index < -0.39 is 0 Å². The van der Waals surface area contributed by atoms with Gasteiger partial charge in [0.2, 0.25) is 0 Å². The molecule has 0 fully saturated rings. The fourth-order valence-electron chi connectivity index (χ4n) is 1.63. The number of hydrogen-bond donors (Lipinski definition) is 1. The quantitative estimate of drug-likeness (QED) is 0.748. The maximum Gasteiger partial charge on any atom is 0.182 e. The maximum atomic E-state index is 5.23. The molecule has 0 atom stereocenters. The highest BCUT2D eigenvalue weighted by Gasteiger charge is 2.04. The second kappa shape index (κ2) is 3.62. The zero-order valence-corrected chi connectivity index (χ0v) is 9.85. The van der Waals surface area contributed by atoms with Gasteiger partial charge < -0.3 is 4.98 Å². The third-order valence-electron chi connectivity index (χ3n) is 2.30. The number of aryl methyl sites for hydroxylation is 3. The first-order valence-corrected chi connectivity index (χ1v) is 5.21. The van der Waals surface area contributed by atoms with Gasteiger partial charge in [0, 0.05) is 17.6 Å². The third kappa shape index (κ3) is 1.85. The molecule has 2 heterocycles.